The quantitative estimate of drug-likeness (QED) is 0.753. The first kappa shape index (κ1) is 21.5. The van der Waals surface area contributed by atoms with Gasteiger partial charge < -0.3 is 15.1 Å². The molecular formula is C23H31N3O2S. The molecule has 2 aromatic rings. The molecule has 2 heterocycles. The Bertz CT molecular complexity index is 802. The Morgan fingerprint density at radius 2 is 1.97 bits per heavy atom. The van der Waals surface area contributed by atoms with Crippen LogP contribution in [0.1, 0.15) is 53.0 Å². The fraction of sp³-hybridized carbons (Fsp3) is 0.478. The van der Waals surface area contributed by atoms with Crippen molar-refractivity contribution in [3.05, 3.63) is 57.8 Å². The number of nitrogens with zero attached hydrogens (tertiary/aromatic N) is 2. The standard InChI is InChI=1S/C23H31N3O2S/c1-4-17-10-12-18(13-11-17)20(25(2)3)16-24-22(27)19-8-5-6-14-26(19)23(28)21-9-7-15-29-21/h7,9-13,15,19-20H,4-6,8,14,16H2,1-3H3,(H,24,27). The predicted octanol–water partition coefficient (Wildman–Crippen LogP) is 3.72. The molecule has 2 atom stereocenters. The Morgan fingerprint density at radius 1 is 1.21 bits per heavy atom. The summed E-state index contributed by atoms with van der Waals surface area (Å²) in [5.41, 5.74) is 2.49. The van der Waals surface area contributed by atoms with E-state index in [0.717, 1.165) is 25.7 Å². The van der Waals surface area contributed by atoms with E-state index in [2.05, 4.69) is 41.4 Å². The van der Waals surface area contributed by atoms with Crippen molar-refractivity contribution in [3.8, 4) is 0 Å². The van der Waals surface area contributed by atoms with Crippen LogP contribution in [0.5, 0.6) is 0 Å². The summed E-state index contributed by atoms with van der Waals surface area (Å²) in [4.78, 5) is 30.5. The molecule has 0 saturated carbocycles. The van der Waals surface area contributed by atoms with Crippen molar-refractivity contribution in [2.24, 2.45) is 0 Å². The first-order valence-electron chi connectivity index (χ1n) is 10.4. The highest BCUT2D eigenvalue weighted by Crippen LogP contribution is 2.23. The minimum Gasteiger partial charge on any atom is -0.352 e. The van der Waals surface area contributed by atoms with Gasteiger partial charge in [-0.15, -0.1) is 11.3 Å². The normalized spacial score (nSPS) is 17.9. The molecule has 29 heavy (non-hydrogen) atoms. The van der Waals surface area contributed by atoms with E-state index in [-0.39, 0.29) is 23.9 Å². The number of rotatable bonds is 7. The fourth-order valence-corrected chi connectivity index (χ4v) is 4.56. The molecule has 6 heteroatoms. The lowest BCUT2D eigenvalue weighted by Crippen LogP contribution is -2.52. The number of likely N-dealkylation sites (tertiary alicyclic amines) is 1. The SMILES string of the molecule is CCc1ccc(C(CNC(=O)C2CCCCN2C(=O)c2cccs2)N(C)C)cc1. The third kappa shape index (κ3) is 5.25. The molecule has 1 aliphatic rings. The lowest BCUT2D eigenvalue weighted by atomic mass is 10.00. The van der Waals surface area contributed by atoms with Gasteiger partial charge in [0.1, 0.15) is 6.04 Å². The zero-order valence-corrected chi connectivity index (χ0v) is 18.4. The molecule has 5 nitrogen and oxygen atoms in total. The van der Waals surface area contributed by atoms with Crippen LogP contribution in [0.2, 0.25) is 0 Å². The van der Waals surface area contributed by atoms with Crippen LogP contribution in [0.4, 0.5) is 0 Å². The molecular weight excluding hydrogens is 382 g/mol. The summed E-state index contributed by atoms with van der Waals surface area (Å²) >= 11 is 1.43. The molecule has 2 amide bonds. The number of carbonyl (C=O) groups is 2. The van der Waals surface area contributed by atoms with Gasteiger partial charge in [-0.3, -0.25) is 9.59 Å². The Hall–Kier alpha value is -2.18. The first-order chi connectivity index (χ1) is 14.0. The number of hydrogen-bond donors (Lipinski definition) is 1. The number of thiophene rings is 1. The van der Waals surface area contributed by atoms with Crippen LogP contribution in [-0.2, 0) is 11.2 Å². The molecule has 2 unspecified atom stereocenters. The van der Waals surface area contributed by atoms with Gasteiger partial charge in [0.2, 0.25) is 5.91 Å². The molecule has 0 aliphatic carbocycles. The van der Waals surface area contributed by atoms with Gasteiger partial charge >= 0.3 is 0 Å². The van der Waals surface area contributed by atoms with Crippen molar-refractivity contribution < 1.29 is 9.59 Å². The molecule has 1 aromatic carbocycles. The van der Waals surface area contributed by atoms with Gasteiger partial charge in [0, 0.05) is 13.1 Å². The number of hydrogen-bond acceptors (Lipinski definition) is 4. The van der Waals surface area contributed by atoms with Crippen molar-refractivity contribution in [1.29, 1.82) is 0 Å². The summed E-state index contributed by atoms with van der Waals surface area (Å²) in [6, 6.07) is 12.0. The van der Waals surface area contributed by atoms with Crippen molar-refractivity contribution in [2.75, 3.05) is 27.2 Å². The van der Waals surface area contributed by atoms with E-state index < -0.39 is 0 Å². The Labute approximate surface area is 177 Å². The number of piperidine rings is 1. The minimum absolute atomic E-state index is 0.0286. The second-order valence-corrected chi connectivity index (χ2v) is 8.75. The van der Waals surface area contributed by atoms with E-state index >= 15 is 0 Å². The second-order valence-electron chi connectivity index (χ2n) is 7.81. The zero-order valence-electron chi connectivity index (χ0n) is 17.6. The highest BCUT2D eigenvalue weighted by Gasteiger charge is 2.33. The van der Waals surface area contributed by atoms with Crippen molar-refractivity contribution >= 4 is 23.2 Å². The lowest BCUT2D eigenvalue weighted by Gasteiger charge is -2.35. The van der Waals surface area contributed by atoms with Crippen LogP contribution in [0, 0.1) is 0 Å². The van der Waals surface area contributed by atoms with Gasteiger partial charge in [0.05, 0.1) is 10.9 Å². The second kappa shape index (κ2) is 10.0. The highest BCUT2D eigenvalue weighted by molar-refractivity contribution is 7.12. The summed E-state index contributed by atoms with van der Waals surface area (Å²) in [6.45, 7) is 3.31. The zero-order chi connectivity index (χ0) is 20.8. The maximum atomic E-state index is 13.0. The Balaban J connectivity index is 1.67. The van der Waals surface area contributed by atoms with Gasteiger partial charge in [-0.1, -0.05) is 37.3 Å². The molecule has 156 valence electrons. The smallest absolute Gasteiger partial charge is 0.264 e. The molecule has 1 N–H and O–H groups in total. The Morgan fingerprint density at radius 3 is 2.59 bits per heavy atom. The van der Waals surface area contributed by atoms with Gasteiger partial charge in [-0.2, -0.15) is 0 Å². The summed E-state index contributed by atoms with van der Waals surface area (Å²) in [5.74, 6) is -0.0780. The van der Waals surface area contributed by atoms with Crippen LogP contribution in [0.3, 0.4) is 0 Å². The molecule has 0 spiro atoms. The average Bonchev–Trinajstić information content (AvgIpc) is 3.28. The van der Waals surface area contributed by atoms with E-state index in [4.69, 9.17) is 0 Å². The molecule has 1 fully saturated rings. The van der Waals surface area contributed by atoms with Gasteiger partial charge in [-0.05, 0) is 62.4 Å². The average molecular weight is 414 g/mol. The maximum absolute atomic E-state index is 13.0. The summed E-state index contributed by atoms with van der Waals surface area (Å²) < 4.78 is 0. The molecule has 1 aliphatic heterocycles. The van der Waals surface area contributed by atoms with Crippen LogP contribution in [0.15, 0.2) is 41.8 Å². The third-order valence-corrected chi connectivity index (χ3v) is 6.52. The Kier molecular flexibility index (Phi) is 7.45. The van der Waals surface area contributed by atoms with Crippen LogP contribution in [0.25, 0.3) is 0 Å². The molecule has 0 bridgehead atoms. The van der Waals surface area contributed by atoms with E-state index in [1.165, 1.54) is 22.5 Å². The van der Waals surface area contributed by atoms with E-state index in [9.17, 15) is 9.59 Å². The number of nitrogens with one attached hydrogen (secondary N) is 1. The van der Waals surface area contributed by atoms with E-state index in [1.54, 1.807) is 4.90 Å². The number of aryl methyl sites for hydroxylation is 1. The van der Waals surface area contributed by atoms with Crippen molar-refractivity contribution in [3.63, 3.8) is 0 Å². The summed E-state index contributed by atoms with van der Waals surface area (Å²) in [7, 11) is 4.05. The monoisotopic (exact) mass is 413 g/mol. The van der Waals surface area contributed by atoms with Crippen molar-refractivity contribution in [1.82, 2.24) is 15.1 Å². The topological polar surface area (TPSA) is 52.7 Å². The maximum Gasteiger partial charge on any atom is 0.264 e. The van der Waals surface area contributed by atoms with Crippen LogP contribution in [-0.4, -0.2) is 54.8 Å². The third-order valence-electron chi connectivity index (χ3n) is 5.66. The van der Waals surface area contributed by atoms with Crippen molar-refractivity contribution in [2.45, 2.75) is 44.7 Å². The summed E-state index contributed by atoms with van der Waals surface area (Å²) in [6.07, 6.45) is 3.66. The number of carbonyl (C=O) groups excluding carboxylic acids is 2. The van der Waals surface area contributed by atoms with Gasteiger partial charge in [0.25, 0.3) is 5.91 Å². The number of benzene rings is 1. The first-order valence-corrected chi connectivity index (χ1v) is 11.3. The highest BCUT2D eigenvalue weighted by atomic mass is 32.1. The van der Waals surface area contributed by atoms with Gasteiger partial charge in [-0.25, -0.2) is 0 Å². The molecule has 0 radical (unpaired) electrons. The van der Waals surface area contributed by atoms with E-state index in [1.807, 2.05) is 31.6 Å². The van der Waals surface area contributed by atoms with Crippen LogP contribution < -0.4 is 5.32 Å². The number of amides is 2. The summed E-state index contributed by atoms with van der Waals surface area (Å²) in [5, 5.41) is 5.02. The number of likely N-dealkylation sites (N-methyl/N-ethyl adjacent to an activating group) is 1. The molecule has 1 saturated heterocycles. The lowest BCUT2D eigenvalue weighted by molar-refractivity contribution is -0.126. The minimum atomic E-state index is -0.386. The fourth-order valence-electron chi connectivity index (χ4n) is 3.88. The largest absolute Gasteiger partial charge is 0.352 e. The van der Waals surface area contributed by atoms with Gasteiger partial charge in [0.15, 0.2) is 0 Å². The van der Waals surface area contributed by atoms with Crippen LogP contribution >= 0.6 is 11.3 Å². The molecule has 1 aromatic heterocycles. The predicted molar refractivity (Wildman–Crippen MR) is 118 cm³/mol. The van der Waals surface area contributed by atoms with E-state index in [0.29, 0.717) is 18.0 Å². The molecule has 3 rings (SSSR count).